The van der Waals surface area contributed by atoms with E-state index >= 15 is 0 Å². The van der Waals surface area contributed by atoms with Gasteiger partial charge in [0.15, 0.2) is 6.61 Å². The van der Waals surface area contributed by atoms with Crippen molar-refractivity contribution in [3.05, 3.63) is 55.1 Å². The van der Waals surface area contributed by atoms with Crippen molar-refractivity contribution in [3.8, 4) is 5.88 Å². The van der Waals surface area contributed by atoms with E-state index in [-0.39, 0.29) is 5.88 Å². The number of nitrogens with one attached hydrogen (secondary N) is 2. The summed E-state index contributed by atoms with van der Waals surface area (Å²) in [5.74, 6) is 1.42. The summed E-state index contributed by atoms with van der Waals surface area (Å²) in [4.78, 5) is 19.5. The van der Waals surface area contributed by atoms with E-state index in [4.69, 9.17) is 4.74 Å². The molecule has 0 aliphatic carbocycles. The first-order valence-corrected chi connectivity index (χ1v) is 10.8. The SMILES string of the molecule is FC(F)(F)COc1ccc(Nc2nc(Nc3ccn4ccnc4c3)cc(N3CCOCC3)n2)cn1. The molecule has 0 atom stereocenters. The lowest BCUT2D eigenvalue weighted by Gasteiger charge is -2.28. The predicted octanol–water partition coefficient (Wildman–Crippen LogP) is 3.78. The maximum Gasteiger partial charge on any atom is 0.422 e. The number of fused-ring (bicyclic) bond motifs is 1. The van der Waals surface area contributed by atoms with Crippen LogP contribution in [0.4, 0.5) is 42.1 Å². The Hall–Kier alpha value is -4.13. The van der Waals surface area contributed by atoms with Gasteiger partial charge in [-0.1, -0.05) is 0 Å². The topological polar surface area (TPSA) is 102 Å². The van der Waals surface area contributed by atoms with Gasteiger partial charge in [0.1, 0.15) is 17.3 Å². The Morgan fingerprint density at radius 2 is 1.83 bits per heavy atom. The molecular formula is C22H21F3N8O2. The van der Waals surface area contributed by atoms with Crippen LogP contribution in [0.1, 0.15) is 0 Å². The molecule has 4 aromatic rings. The molecule has 5 rings (SSSR count). The highest BCUT2D eigenvalue weighted by atomic mass is 19.4. The quantitative estimate of drug-likeness (QED) is 0.404. The average molecular weight is 486 g/mol. The third kappa shape index (κ3) is 5.87. The molecule has 1 aliphatic rings. The van der Waals surface area contributed by atoms with Crippen molar-refractivity contribution < 1.29 is 22.6 Å². The summed E-state index contributed by atoms with van der Waals surface area (Å²) in [6.07, 6.45) is 2.39. The third-order valence-corrected chi connectivity index (χ3v) is 5.09. The highest BCUT2D eigenvalue weighted by Gasteiger charge is 2.28. The van der Waals surface area contributed by atoms with Crippen molar-refractivity contribution in [1.82, 2.24) is 24.3 Å². The molecule has 35 heavy (non-hydrogen) atoms. The minimum absolute atomic E-state index is 0.132. The van der Waals surface area contributed by atoms with Crippen LogP contribution in [0.25, 0.3) is 5.65 Å². The molecule has 1 fully saturated rings. The van der Waals surface area contributed by atoms with E-state index in [9.17, 15) is 13.2 Å². The predicted molar refractivity (Wildman–Crippen MR) is 123 cm³/mol. The Balaban J connectivity index is 1.37. The van der Waals surface area contributed by atoms with Gasteiger partial charge in [-0.15, -0.1) is 0 Å². The van der Waals surface area contributed by atoms with Gasteiger partial charge < -0.3 is 29.4 Å². The normalized spacial score (nSPS) is 14.2. The van der Waals surface area contributed by atoms with Crippen LogP contribution in [0, 0.1) is 0 Å². The first-order valence-electron chi connectivity index (χ1n) is 10.8. The fraction of sp³-hybridized carbons (Fsp3) is 0.273. The number of ether oxygens (including phenoxy) is 2. The van der Waals surface area contributed by atoms with Gasteiger partial charge in [-0.25, -0.2) is 9.97 Å². The van der Waals surface area contributed by atoms with Crippen molar-refractivity contribution in [2.45, 2.75) is 6.18 Å². The van der Waals surface area contributed by atoms with Crippen LogP contribution in [-0.2, 0) is 4.74 Å². The molecule has 1 saturated heterocycles. The van der Waals surface area contributed by atoms with Gasteiger partial charge >= 0.3 is 6.18 Å². The van der Waals surface area contributed by atoms with Crippen LogP contribution >= 0.6 is 0 Å². The number of morpholine rings is 1. The zero-order chi connectivity index (χ0) is 24.3. The molecule has 0 aromatic carbocycles. The van der Waals surface area contributed by atoms with Gasteiger partial charge in [0.2, 0.25) is 11.8 Å². The summed E-state index contributed by atoms with van der Waals surface area (Å²) in [6.45, 7) is 1.15. The molecule has 0 saturated carbocycles. The maximum absolute atomic E-state index is 12.3. The number of nitrogens with zero attached hydrogens (tertiary/aromatic N) is 6. The number of hydrogen-bond acceptors (Lipinski definition) is 9. The minimum Gasteiger partial charge on any atom is -0.468 e. The molecule has 2 N–H and O–H groups in total. The molecule has 0 unspecified atom stereocenters. The van der Waals surface area contributed by atoms with E-state index < -0.39 is 12.8 Å². The summed E-state index contributed by atoms with van der Waals surface area (Å²) in [5.41, 5.74) is 2.08. The number of pyridine rings is 2. The second-order valence-electron chi connectivity index (χ2n) is 7.68. The number of rotatable bonds is 7. The number of aromatic nitrogens is 5. The Morgan fingerprint density at radius 1 is 0.971 bits per heavy atom. The van der Waals surface area contributed by atoms with Crippen LogP contribution in [0.2, 0.25) is 0 Å². The molecule has 13 heteroatoms. The second-order valence-corrected chi connectivity index (χ2v) is 7.68. The molecule has 5 heterocycles. The fourth-order valence-corrected chi connectivity index (χ4v) is 3.47. The van der Waals surface area contributed by atoms with Crippen molar-refractivity contribution >= 4 is 34.6 Å². The Kier molecular flexibility index (Phi) is 6.23. The summed E-state index contributed by atoms with van der Waals surface area (Å²) in [7, 11) is 0. The molecule has 0 radical (unpaired) electrons. The van der Waals surface area contributed by atoms with Gasteiger partial charge in [-0.3, -0.25) is 0 Å². The third-order valence-electron chi connectivity index (χ3n) is 5.09. The average Bonchev–Trinajstić information content (AvgIpc) is 3.32. The molecular weight excluding hydrogens is 465 g/mol. The minimum atomic E-state index is -4.43. The molecule has 0 bridgehead atoms. The smallest absolute Gasteiger partial charge is 0.422 e. The van der Waals surface area contributed by atoms with Crippen molar-refractivity contribution in [1.29, 1.82) is 0 Å². The van der Waals surface area contributed by atoms with E-state index in [1.54, 1.807) is 12.3 Å². The van der Waals surface area contributed by atoms with Gasteiger partial charge in [0.25, 0.3) is 0 Å². The highest BCUT2D eigenvalue weighted by Crippen LogP contribution is 2.25. The molecule has 0 spiro atoms. The number of anilines is 5. The number of imidazole rings is 1. The monoisotopic (exact) mass is 486 g/mol. The first-order chi connectivity index (χ1) is 16.9. The van der Waals surface area contributed by atoms with E-state index in [1.165, 1.54) is 12.3 Å². The van der Waals surface area contributed by atoms with Crippen LogP contribution in [0.15, 0.2) is 55.1 Å². The molecule has 182 valence electrons. The zero-order valence-electron chi connectivity index (χ0n) is 18.4. The van der Waals surface area contributed by atoms with Crippen molar-refractivity contribution in [2.24, 2.45) is 0 Å². The number of hydrogen-bond donors (Lipinski definition) is 2. The Bertz CT molecular complexity index is 1290. The molecule has 1 aliphatic heterocycles. The lowest BCUT2D eigenvalue weighted by molar-refractivity contribution is -0.154. The molecule has 4 aromatic heterocycles. The standard InChI is InChI=1S/C22H21F3N8O2/c23-22(24,25)14-35-20-2-1-16(13-27-20)29-21-30-17(12-19(31-21)33-7-9-34-10-8-33)28-15-3-5-32-6-4-26-18(32)11-15/h1-6,11-13H,7-10,14H2,(H2,28,29,30,31). The largest absolute Gasteiger partial charge is 0.468 e. The van der Waals surface area contributed by atoms with Crippen LogP contribution in [0.5, 0.6) is 5.88 Å². The van der Waals surface area contributed by atoms with Gasteiger partial charge in [0, 0.05) is 55.6 Å². The summed E-state index contributed by atoms with van der Waals surface area (Å²) in [6, 6.07) is 8.54. The summed E-state index contributed by atoms with van der Waals surface area (Å²) >= 11 is 0. The van der Waals surface area contributed by atoms with Crippen molar-refractivity contribution in [3.63, 3.8) is 0 Å². The number of alkyl halides is 3. The van der Waals surface area contributed by atoms with Gasteiger partial charge in [-0.05, 0) is 12.1 Å². The second kappa shape index (κ2) is 9.62. The van der Waals surface area contributed by atoms with Crippen molar-refractivity contribution in [2.75, 3.05) is 48.4 Å². The number of halogens is 3. The fourth-order valence-electron chi connectivity index (χ4n) is 3.47. The summed E-state index contributed by atoms with van der Waals surface area (Å²) < 4.78 is 49.0. The van der Waals surface area contributed by atoms with Crippen LogP contribution in [-0.4, -0.2) is 63.4 Å². The van der Waals surface area contributed by atoms with E-state index in [2.05, 4.69) is 40.2 Å². The maximum atomic E-state index is 12.3. The first kappa shape index (κ1) is 22.7. The van der Waals surface area contributed by atoms with Gasteiger partial charge in [0.05, 0.1) is 25.1 Å². The van der Waals surface area contributed by atoms with Crippen LogP contribution in [0.3, 0.4) is 0 Å². The molecule has 10 nitrogen and oxygen atoms in total. The zero-order valence-corrected chi connectivity index (χ0v) is 18.4. The van der Waals surface area contributed by atoms with E-state index in [0.29, 0.717) is 49.6 Å². The Morgan fingerprint density at radius 3 is 2.60 bits per heavy atom. The lowest BCUT2D eigenvalue weighted by Crippen LogP contribution is -2.36. The lowest BCUT2D eigenvalue weighted by atomic mass is 10.3. The van der Waals surface area contributed by atoms with E-state index in [1.807, 2.05) is 35.0 Å². The van der Waals surface area contributed by atoms with Gasteiger partial charge in [-0.2, -0.15) is 23.1 Å². The molecule has 0 amide bonds. The summed E-state index contributed by atoms with van der Waals surface area (Å²) in [5, 5.41) is 6.34. The van der Waals surface area contributed by atoms with Crippen LogP contribution < -0.4 is 20.3 Å². The Labute approximate surface area is 197 Å². The highest BCUT2D eigenvalue weighted by molar-refractivity contribution is 5.66. The van der Waals surface area contributed by atoms with E-state index in [0.717, 1.165) is 11.3 Å².